The van der Waals surface area contributed by atoms with E-state index in [1.807, 2.05) is 0 Å². The minimum atomic E-state index is 1.23. The zero-order chi connectivity index (χ0) is 31.6. The van der Waals surface area contributed by atoms with Crippen LogP contribution in [0.25, 0.3) is 98.0 Å². The quantitative estimate of drug-likeness (QED) is 0.139. The molecule has 48 heavy (non-hydrogen) atoms. The third-order valence-corrected chi connectivity index (χ3v) is 10.2. The van der Waals surface area contributed by atoms with Crippen LogP contribution in [0.5, 0.6) is 0 Å². The predicted octanol–water partition coefficient (Wildman–Crippen LogP) is 13.6. The van der Waals surface area contributed by atoms with Gasteiger partial charge < -0.3 is 0 Å². The molecule has 0 nitrogen and oxygen atoms in total. The molecule has 10 aromatic carbocycles. The SMILES string of the molecule is c1ccc2cc(-c3c4ccc(-c5cccc6ccccc56)cc4c(-c4ccc5ccccc5c4)c4c3ccc3ccccc34)ccc2c1. The first-order chi connectivity index (χ1) is 23.8. The van der Waals surface area contributed by atoms with Crippen molar-refractivity contribution in [2.45, 2.75) is 0 Å². The third-order valence-electron chi connectivity index (χ3n) is 10.2. The van der Waals surface area contributed by atoms with Crippen LogP contribution in [-0.4, -0.2) is 0 Å². The molecule has 0 heterocycles. The average Bonchev–Trinajstić information content (AvgIpc) is 3.16. The van der Waals surface area contributed by atoms with Crippen molar-refractivity contribution in [2.75, 3.05) is 0 Å². The Morgan fingerprint density at radius 2 is 0.729 bits per heavy atom. The van der Waals surface area contributed by atoms with Gasteiger partial charge in [-0.25, -0.2) is 0 Å². The van der Waals surface area contributed by atoms with E-state index >= 15 is 0 Å². The van der Waals surface area contributed by atoms with Gasteiger partial charge >= 0.3 is 0 Å². The highest BCUT2D eigenvalue weighted by molar-refractivity contribution is 6.28. The summed E-state index contributed by atoms with van der Waals surface area (Å²) in [6.45, 7) is 0. The molecule has 10 rings (SSSR count). The van der Waals surface area contributed by atoms with Crippen molar-refractivity contribution >= 4 is 64.6 Å². The zero-order valence-corrected chi connectivity index (χ0v) is 26.3. The second-order valence-electron chi connectivity index (χ2n) is 12.9. The highest BCUT2D eigenvalue weighted by Crippen LogP contribution is 2.48. The van der Waals surface area contributed by atoms with E-state index < -0.39 is 0 Å². The van der Waals surface area contributed by atoms with Crippen molar-refractivity contribution in [1.29, 1.82) is 0 Å². The Labute approximate surface area is 279 Å². The van der Waals surface area contributed by atoms with Gasteiger partial charge in [0.05, 0.1) is 0 Å². The number of rotatable bonds is 3. The van der Waals surface area contributed by atoms with Crippen LogP contribution in [0, 0.1) is 0 Å². The minimum Gasteiger partial charge on any atom is -0.0616 e. The predicted molar refractivity (Wildman–Crippen MR) is 208 cm³/mol. The second-order valence-corrected chi connectivity index (χ2v) is 12.9. The second kappa shape index (κ2) is 10.7. The largest absolute Gasteiger partial charge is 0.0616 e. The fourth-order valence-corrected chi connectivity index (χ4v) is 7.94. The fraction of sp³-hybridized carbons (Fsp3) is 0. The normalized spacial score (nSPS) is 11.8. The van der Waals surface area contributed by atoms with E-state index in [1.54, 1.807) is 0 Å². The molecule has 0 N–H and O–H groups in total. The van der Waals surface area contributed by atoms with Crippen molar-refractivity contribution < 1.29 is 0 Å². The summed E-state index contributed by atoms with van der Waals surface area (Å²) in [5.74, 6) is 0. The van der Waals surface area contributed by atoms with Gasteiger partial charge in [-0.05, 0) is 116 Å². The van der Waals surface area contributed by atoms with Crippen molar-refractivity contribution in [1.82, 2.24) is 0 Å². The van der Waals surface area contributed by atoms with Crippen molar-refractivity contribution in [2.24, 2.45) is 0 Å². The molecule has 0 saturated heterocycles. The molecule has 0 amide bonds. The van der Waals surface area contributed by atoms with Gasteiger partial charge in [0.15, 0.2) is 0 Å². The molecule has 0 atom stereocenters. The maximum atomic E-state index is 2.45. The number of hydrogen-bond donors (Lipinski definition) is 0. The molecule has 0 aliphatic heterocycles. The molecule has 0 unspecified atom stereocenters. The fourth-order valence-electron chi connectivity index (χ4n) is 7.94. The lowest BCUT2D eigenvalue weighted by Crippen LogP contribution is -1.93. The summed E-state index contributed by atoms with van der Waals surface area (Å²) >= 11 is 0. The summed E-state index contributed by atoms with van der Waals surface area (Å²) in [4.78, 5) is 0. The molecular weight excluding hydrogens is 577 g/mol. The van der Waals surface area contributed by atoms with E-state index in [9.17, 15) is 0 Å². The first-order valence-corrected chi connectivity index (χ1v) is 16.7. The van der Waals surface area contributed by atoms with Crippen LogP contribution >= 0.6 is 0 Å². The highest BCUT2D eigenvalue weighted by Gasteiger charge is 2.20. The topological polar surface area (TPSA) is 0 Å². The van der Waals surface area contributed by atoms with E-state index in [-0.39, 0.29) is 0 Å². The summed E-state index contributed by atoms with van der Waals surface area (Å²) < 4.78 is 0. The molecule has 0 aromatic heterocycles. The van der Waals surface area contributed by atoms with E-state index in [0.717, 1.165) is 0 Å². The molecule has 0 aliphatic carbocycles. The van der Waals surface area contributed by atoms with Crippen molar-refractivity contribution in [3.8, 4) is 33.4 Å². The maximum absolute atomic E-state index is 2.45. The molecule has 0 radical (unpaired) electrons. The lowest BCUT2D eigenvalue weighted by Gasteiger charge is -2.21. The van der Waals surface area contributed by atoms with Crippen molar-refractivity contribution in [3.05, 3.63) is 182 Å². The number of benzene rings is 10. The minimum absolute atomic E-state index is 1.23. The molecule has 0 heteroatoms. The number of hydrogen-bond acceptors (Lipinski definition) is 0. The maximum Gasteiger partial charge on any atom is -0.00141 e. The van der Waals surface area contributed by atoms with E-state index in [4.69, 9.17) is 0 Å². The molecule has 222 valence electrons. The summed E-state index contributed by atoms with van der Waals surface area (Å²) in [6, 6.07) is 67.3. The Bertz CT molecular complexity index is 2890. The van der Waals surface area contributed by atoms with Crippen LogP contribution < -0.4 is 0 Å². The van der Waals surface area contributed by atoms with Gasteiger partial charge in [0.2, 0.25) is 0 Å². The van der Waals surface area contributed by atoms with Gasteiger partial charge in [-0.1, -0.05) is 164 Å². The monoisotopic (exact) mass is 606 g/mol. The third kappa shape index (κ3) is 4.16. The standard InChI is InChI=1S/C48H30/c1-3-14-35-28-38(22-20-31(35)10-1)46-43-26-25-37(41-19-9-16-33-12-5-7-17-40(33)41)30-45(43)47(39-23-21-32-11-2-4-15-36(32)29-39)48-42-18-8-6-13-34(42)24-27-44(46)48/h1-30H. The average molecular weight is 607 g/mol. The van der Waals surface area contributed by atoms with Crippen LogP contribution in [0.4, 0.5) is 0 Å². The Morgan fingerprint density at radius 1 is 0.229 bits per heavy atom. The molecule has 0 aliphatic rings. The Kier molecular flexibility index (Phi) is 5.98. The molecule has 0 saturated carbocycles. The smallest absolute Gasteiger partial charge is 0.00141 e. The van der Waals surface area contributed by atoms with E-state index in [0.29, 0.717) is 0 Å². The van der Waals surface area contributed by atoms with Gasteiger partial charge in [0, 0.05) is 0 Å². The van der Waals surface area contributed by atoms with Gasteiger partial charge in [0.1, 0.15) is 0 Å². The van der Waals surface area contributed by atoms with Crippen molar-refractivity contribution in [3.63, 3.8) is 0 Å². The summed E-state index contributed by atoms with van der Waals surface area (Å²) in [7, 11) is 0. The molecule has 0 bridgehead atoms. The summed E-state index contributed by atoms with van der Waals surface area (Å²) in [6.07, 6.45) is 0. The van der Waals surface area contributed by atoms with E-state index in [1.165, 1.54) is 98.0 Å². The first-order valence-electron chi connectivity index (χ1n) is 16.7. The van der Waals surface area contributed by atoms with E-state index in [2.05, 4.69) is 182 Å². The lowest BCUT2D eigenvalue weighted by atomic mass is 9.82. The highest BCUT2D eigenvalue weighted by atomic mass is 14.2. The van der Waals surface area contributed by atoms with Crippen LogP contribution in [0.15, 0.2) is 182 Å². The summed E-state index contributed by atoms with van der Waals surface area (Å²) in [5.41, 5.74) is 7.52. The Morgan fingerprint density at radius 3 is 1.44 bits per heavy atom. The van der Waals surface area contributed by atoms with Crippen LogP contribution in [0.3, 0.4) is 0 Å². The number of fused-ring (bicyclic) bond motifs is 7. The van der Waals surface area contributed by atoms with Gasteiger partial charge in [0.25, 0.3) is 0 Å². The summed E-state index contributed by atoms with van der Waals surface area (Å²) in [5, 5.41) is 15.2. The lowest BCUT2D eigenvalue weighted by molar-refractivity contribution is 1.66. The van der Waals surface area contributed by atoms with Crippen LogP contribution in [-0.2, 0) is 0 Å². The van der Waals surface area contributed by atoms with Gasteiger partial charge in [-0.3, -0.25) is 0 Å². The van der Waals surface area contributed by atoms with Crippen LogP contribution in [0.2, 0.25) is 0 Å². The Balaban J connectivity index is 1.41. The molecule has 0 spiro atoms. The van der Waals surface area contributed by atoms with Gasteiger partial charge in [-0.2, -0.15) is 0 Å². The van der Waals surface area contributed by atoms with Crippen LogP contribution in [0.1, 0.15) is 0 Å². The molecular formula is C48H30. The molecule has 0 fully saturated rings. The zero-order valence-electron chi connectivity index (χ0n) is 26.3. The Hall–Kier alpha value is -6.24. The first kappa shape index (κ1) is 26.9. The molecule has 10 aromatic rings. The van der Waals surface area contributed by atoms with Gasteiger partial charge in [-0.15, -0.1) is 0 Å².